The summed E-state index contributed by atoms with van der Waals surface area (Å²) in [4.78, 5) is 81.0. The van der Waals surface area contributed by atoms with Gasteiger partial charge < -0.3 is 60.3 Å². The molecule has 564 valence electrons. The zero-order valence-electron chi connectivity index (χ0n) is 62.9. The number of hydrogen-bond donors (Lipinski definition) is 6. The highest BCUT2D eigenvalue weighted by molar-refractivity contribution is 6.27. The summed E-state index contributed by atoms with van der Waals surface area (Å²) in [6.45, 7) is 12.6. The minimum atomic E-state index is -0.206. The van der Waals surface area contributed by atoms with E-state index in [1.165, 1.54) is 0 Å². The first kappa shape index (κ1) is 79.2. The fraction of sp³-hybridized carbons (Fsp3) is 0.333. The number of fused-ring (bicyclic) bond motifs is 6. The van der Waals surface area contributed by atoms with Crippen LogP contribution in [0.25, 0.3) is 32.3 Å². The molecule has 0 aliphatic carbocycles. The van der Waals surface area contributed by atoms with Gasteiger partial charge in [-0.1, -0.05) is 182 Å². The zero-order valence-corrected chi connectivity index (χ0v) is 62.9. The van der Waals surface area contributed by atoms with Crippen LogP contribution in [-0.4, -0.2) is 75.1 Å². The first-order chi connectivity index (χ1) is 52.5. The van der Waals surface area contributed by atoms with Crippen LogP contribution in [0.3, 0.4) is 0 Å². The first-order valence-electron chi connectivity index (χ1n) is 37.9. The summed E-state index contributed by atoms with van der Waals surface area (Å²) in [6, 6.07) is 69.1. The first-order valence-corrected chi connectivity index (χ1v) is 37.9. The van der Waals surface area contributed by atoms with Crippen molar-refractivity contribution in [2.24, 2.45) is 0 Å². The van der Waals surface area contributed by atoms with Crippen molar-refractivity contribution in [3.05, 3.63) is 252 Å². The molecule has 0 unspecified atom stereocenters. The average molecular weight is 1460 g/mol. The highest BCUT2D eigenvalue weighted by atomic mass is 16.5. The Morgan fingerprint density at radius 1 is 0.222 bits per heavy atom. The molecule has 10 rings (SSSR count). The predicted molar refractivity (Wildman–Crippen MR) is 425 cm³/mol. The van der Waals surface area contributed by atoms with E-state index < -0.39 is 0 Å². The number of carbonyl (C=O) groups is 6. The lowest BCUT2D eigenvalue weighted by atomic mass is 9.93. The average Bonchev–Trinajstić information content (AvgIpc) is 0.725. The molecule has 18 heteroatoms. The van der Waals surface area contributed by atoms with E-state index in [2.05, 4.69) is 31.9 Å². The van der Waals surface area contributed by atoms with Gasteiger partial charge in [0.05, 0.1) is 75.9 Å². The third-order valence-corrected chi connectivity index (χ3v) is 19.0. The number of nitrogens with one attached hydrogen (secondary N) is 6. The van der Waals surface area contributed by atoms with Gasteiger partial charge in [0.15, 0.2) is 34.5 Å². The number of hydrogen-bond acceptors (Lipinski definition) is 12. The van der Waals surface area contributed by atoms with Crippen LogP contribution in [0.2, 0.25) is 0 Å². The molecule has 0 aromatic heterocycles. The van der Waals surface area contributed by atoms with Crippen LogP contribution in [-0.2, 0) is 28.8 Å². The normalized spacial score (nSPS) is 12.8. The van der Waals surface area contributed by atoms with E-state index in [9.17, 15) is 28.8 Å². The predicted octanol–water partition coefficient (Wildman–Crippen LogP) is 17.4. The second-order valence-electron chi connectivity index (χ2n) is 27.4. The van der Waals surface area contributed by atoms with Gasteiger partial charge in [-0.3, -0.25) is 28.8 Å². The second-order valence-corrected chi connectivity index (χ2v) is 27.4. The van der Waals surface area contributed by atoms with Crippen LogP contribution in [0.1, 0.15) is 188 Å². The Kier molecular flexibility index (Phi) is 30.0. The quantitative estimate of drug-likeness (QED) is 0.0155. The largest absolute Gasteiger partial charge is 0.490 e. The SMILES string of the molecule is C[C@H](NC(=O)CCCOc1cc2c3cc(OCCCC(=O)N[C@@H](C)c4ccccc4)c(OCCCC(=O)N[C@@H](C)c4ccccc4)cc3c3cc(OCCCC(=O)N[C@@H](C)c4ccccc4)c(OCCCC(=O)N[C@@H](C)c4ccccc4)cc3c2cc1OCCCC(=O)N[C@@H](C)c1ccccc1)c1ccccc1. The highest BCUT2D eigenvalue weighted by Crippen LogP contribution is 2.48. The van der Waals surface area contributed by atoms with Crippen molar-refractivity contribution in [1.82, 2.24) is 31.9 Å². The Bertz CT molecular complexity index is 3780. The van der Waals surface area contributed by atoms with Gasteiger partial charge in [0.1, 0.15) is 0 Å². The molecule has 108 heavy (non-hydrogen) atoms. The van der Waals surface area contributed by atoms with Gasteiger partial charge in [-0.05, 0) is 182 Å². The lowest BCUT2D eigenvalue weighted by Crippen LogP contribution is -2.26. The molecule has 0 saturated heterocycles. The lowest BCUT2D eigenvalue weighted by molar-refractivity contribution is -0.122. The Balaban J connectivity index is 1.03. The van der Waals surface area contributed by atoms with E-state index >= 15 is 0 Å². The summed E-state index contributed by atoms with van der Waals surface area (Å²) >= 11 is 0. The molecule has 10 aromatic carbocycles. The molecule has 6 atom stereocenters. The van der Waals surface area contributed by atoms with Crippen LogP contribution in [0.5, 0.6) is 34.5 Å². The van der Waals surface area contributed by atoms with Gasteiger partial charge >= 0.3 is 0 Å². The third-order valence-electron chi connectivity index (χ3n) is 19.0. The number of benzene rings is 10. The van der Waals surface area contributed by atoms with Gasteiger partial charge in [0.25, 0.3) is 0 Å². The van der Waals surface area contributed by atoms with E-state index in [0.717, 1.165) is 65.7 Å². The molecule has 10 aromatic rings. The summed E-state index contributed by atoms with van der Waals surface area (Å²) in [5, 5.41) is 23.0. The van der Waals surface area contributed by atoms with Crippen LogP contribution >= 0.6 is 0 Å². The summed E-state index contributed by atoms with van der Waals surface area (Å²) in [5.41, 5.74) is 5.93. The van der Waals surface area contributed by atoms with Gasteiger partial charge in [-0.15, -0.1) is 0 Å². The molecule has 6 amide bonds. The Morgan fingerprint density at radius 3 is 0.481 bits per heavy atom. The van der Waals surface area contributed by atoms with Crippen molar-refractivity contribution in [3.63, 3.8) is 0 Å². The van der Waals surface area contributed by atoms with Crippen molar-refractivity contribution < 1.29 is 57.2 Å². The molecule has 0 radical (unpaired) electrons. The molecule has 6 N–H and O–H groups in total. The molecular formula is C90H102N6O12. The smallest absolute Gasteiger partial charge is 0.220 e. The Morgan fingerprint density at radius 2 is 0.352 bits per heavy atom. The van der Waals surface area contributed by atoms with Gasteiger partial charge in [0, 0.05) is 38.5 Å². The van der Waals surface area contributed by atoms with Crippen molar-refractivity contribution in [2.45, 2.75) is 155 Å². The van der Waals surface area contributed by atoms with E-state index in [1.54, 1.807) is 0 Å². The van der Waals surface area contributed by atoms with E-state index in [0.29, 0.717) is 73.0 Å². The lowest BCUT2D eigenvalue weighted by Gasteiger charge is -2.21. The molecular weight excluding hydrogens is 1360 g/mol. The fourth-order valence-corrected chi connectivity index (χ4v) is 13.0. The minimum Gasteiger partial charge on any atom is -0.490 e. The number of amides is 6. The van der Waals surface area contributed by atoms with Gasteiger partial charge in [0.2, 0.25) is 35.4 Å². The van der Waals surface area contributed by atoms with E-state index in [-0.39, 0.29) is 150 Å². The van der Waals surface area contributed by atoms with Crippen molar-refractivity contribution >= 4 is 67.8 Å². The van der Waals surface area contributed by atoms with Crippen LogP contribution in [0, 0.1) is 0 Å². The van der Waals surface area contributed by atoms with E-state index in [4.69, 9.17) is 28.4 Å². The van der Waals surface area contributed by atoms with Crippen molar-refractivity contribution in [3.8, 4) is 34.5 Å². The fourth-order valence-electron chi connectivity index (χ4n) is 13.0. The molecule has 0 spiro atoms. The van der Waals surface area contributed by atoms with Crippen molar-refractivity contribution in [2.75, 3.05) is 39.6 Å². The monoisotopic (exact) mass is 1460 g/mol. The maximum Gasteiger partial charge on any atom is 0.220 e. The molecule has 0 aliphatic rings. The molecule has 0 aliphatic heterocycles. The topological polar surface area (TPSA) is 230 Å². The third kappa shape index (κ3) is 23.8. The molecule has 0 saturated carbocycles. The molecule has 0 bridgehead atoms. The molecule has 0 heterocycles. The van der Waals surface area contributed by atoms with Gasteiger partial charge in [-0.2, -0.15) is 0 Å². The Hall–Kier alpha value is -11.4. The Labute approximate surface area is 634 Å². The van der Waals surface area contributed by atoms with Crippen LogP contribution in [0.15, 0.2) is 218 Å². The molecule has 18 nitrogen and oxygen atoms in total. The molecule has 0 fully saturated rings. The number of rotatable bonds is 42. The van der Waals surface area contributed by atoms with Crippen LogP contribution in [0.4, 0.5) is 0 Å². The van der Waals surface area contributed by atoms with Crippen molar-refractivity contribution in [1.29, 1.82) is 0 Å². The number of ether oxygens (including phenoxy) is 6. The number of carbonyl (C=O) groups excluding carboxylic acids is 6. The maximum atomic E-state index is 13.5. The summed E-state index contributed by atoms with van der Waals surface area (Å²) in [7, 11) is 0. The van der Waals surface area contributed by atoms with Crippen LogP contribution < -0.4 is 60.3 Å². The minimum absolute atomic E-state index is 0.127. The summed E-state index contributed by atoms with van der Waals surface area (Å²) in [5.74, 6) is 1.57. The van der Waals surface area contributed by atoms with Gasteiger partial charge in [-0.25, -0.2) is 0 Å². The maximum absolute atomic E-state index is 13.5. The summed E-state index contributed by atoms with van der Waals surface area (Å²) in [6.07, 6.45) is 3.32. The second kappa shape index (κ2) is 40.9. The summed E-state index contributed by atoms with van der Waals surface area (Å²) < 4.78 is 40.5. The highest BCUT2D eigenvalue weighted by Gasteiger charge is 2.23. The zero-order chi connectivity index (χ0) is 76.0. The van der Waals surface area contributed by atoms with E-state index in [1.807, 2.05) is 260 Å². The standard InChI is InChI=1S/C90H102N6O12/c1-61(67-31-13-7-14-32-67)91-85(97)43-25-49-103-79-55-73-74(56-80(79)104-50-26-44-86(98)92-62(2)68-33-15-8-16-34-68)76-58-82(106-52-28-46-88(100)94-64(4)70-37-19-10-20-38-70)84(108-54-30-48-90(102)96-66(6)72-41-23-12-24-42-72)60-78(76)77-59-83(107-53-29-47-89(101)95-65(5)71-39-21-11-22-40-71)81(57-75(73)77)105-51-27-45-87(99)93-63(3)69-35-17-9-18-36-69/h7-24,31-42,55-66H,25-30,43-54H2,1-6H3,(H,91,97)(H,92,98)(H,93,99)(H,94,100)(H,95,101)(H,96,102)/t61-,62-,63-,64-,65-,66-/m0/s1.